The predicted molar refractivity (Wildman–Crippen MR) is 80.6 cm³/mol. The molecule has 112 valence electrons. The fourth-order valence-corrected chi connectivity index (χ4v) is 3.08. The first-order valence-corrected chi connectivity index (χ1v) is 8.34. The molecular weight excluding hydrogens is 298 g/mol. The third-order valence-corrected chi connectivity index (χ3v) is 5.60. The monoisotopic (exact) mass is 317 g/mol. The molecule has 1 atom stereocenters. The number of nitrogens with one attached hydrogen (secondary N) is 1. The molecular formula is C14H20ClNO3S. The lowest BCUT2D eigenvalue weighted by Crippen LogP contribution is -2.48. The Labute approximate surface area is 125 Å². The topological polar surface area (TPSA) is 63.2 Å². The van der Waals surface area contributed by atoms with Crippen molar-refractivity contribution in [3.63, 3.8) is 0 Å². The summed E-state index contributed by atoms with van der Waals surface area (Å²) in [6, 6.07) is 5.93. The van der Waals surface area contributed by atoms with Crippen molar-refractivity contribution >= 4 is 27.3 Å². The summed E-state index contributed by atoms with van der Waals surface area (Å²) in [4.78, 5) is 12.2. The molecule has 20 heavy (non-hydrogen) atoms. The zero-order chi connectivity index (χ0) is 15.6. The number of carbonyl (C=O) groups excluding carboxylic acids is 1. The van der Waals surface area contributed by atoms with Gasteiger partial charge in [0.05, 0.1) is 4.90 Å². The highest BCUT2D eigenvalue weighted by Gasteiger charge is 2.32. The Bertz CT molecular complexity index is 596. The van der Waals surface area contributed by atoms with Crippen LogP contribution in [0.1, 0.15) is 34.1 Å². The van der Waals surface area contributed by atoms with Crippen LogP contribution >= 0.6 is 11.6 Å². The molecule has 0 unspecified atom stereocenters. The van der Waals surface area contributed by atoms with Gasteiger partial charge in [-0.1, -0.05) is 24.6 Å². The van der Waals surface area contributed by atoms with Crippen molar-refractivity contribution in [2.75, 3.05) is 0 Å². The summed E-state index contributed by atoms with van der Waals surface area (Å²) >= 11 is 5.80. The first-order chi connectivity index (χ1) is 9.10. The predicted octanol–water partition coefficient (Wildman–Crippen LogP) is 2.81. The zero-order valence-corrected chi connectivity index (χ0v) is 13.7. The molecule has 6 heteroatoms. The molecule has 0 radical (unpaired) electrons. The van der Waals surface area contributed by atoms with Gasteiger partial charge in [-0.05, 0) is 45.4 Å². The van der Waals surface area contributed by atoms with Crippen molar-refractivity contribution in [2.45, 2.75) is 49.8 Å². The summed E-state index contributed by atoms with van der Waals surface area (Å²) < 4.78 is 24.8. The molecule has 0 saturated heterocycles. The molecule has 1 amide bonds. The minimum Gasteiger partial charge on any atom is -0.350 e. The number of hydrogen-bond acceptors (Lipinski definition) is 3. The van der Waals surface area contributed by atoms with E-state index in [4.69, 9.17) is 11.6 Å². The molecule has 0 aliphatic rings. The van der Waals surface area contributed by atoms with E-state index < -0.39 is 26.5 Å². The molecule has 0 saturated carbocycles. The van der Waals surface area contributed by atoms with Crippen LogP contribution in [-0.4, -0.2) is 25.1 Å². The summed E-state index contributed by atoms with van der Waals surface area (Å²) in [6.45, 7) is 7.01. The Kier molecular flexibility index (Phi) is 5.21. The summed E-state index contributed by atoms with van der Waals surface area (Å²) in [5.41, 5.74) is -0.435. The van der Waals surface area contributed by atoms with Gasteiger partial charge < -0.3 is 5.32 Å². The standard InChI is InChI=1S/C14H20ClNO3S/c1-5-14(3,4)16-13(17)10(2)20(18,19)12-8-6-7-11(15)9-12/h6-10H,5H2,1-4H3,(H,16,17)/t10-/m0/s1. The van der Waals surface area contributed by atoms with Crippen LogP contribution < -0.4 is 5.32 Å². The van der Waals surface area contributed by atoms with Gasteiger partial charge >= 0.3 is 0 Å². The largest absolute Gasteiger partial charge is 0.350 e. The van der Waals surface area contributed by atoms with Crippen LogP contribution in [0, 0.1) is 0 Å². The van der Waals surface area contributed by atoms with Crippen LogP contribution in [0.4, 0.5) is 0 Å². The SMILES string of the molecule is CCC(C)(C)NC(=O)[C@H](C)S(=O)(=O)c1cccc(Cl)c1. The Hall–Kier alpha value is -1.07. The average molecular weight is 318 g/mol. The summed E-state index contributed by atoms with van der Waals surface area (Å²) in [6.07, 6.45) is 0.711. The Balaban J connectivity index is 3.01. The van der Waals surface area contributed by atoms with E-state index in [9.17, 15) is 13.2 Å². The lowest BCUT2D eigenvalue weighted by atomic mass is 10.0. The maximum Gasteiger partial charge on any atom is 0.238 e. The first kappa shape index (κ1) is 17.0. The minimum atomic E-state index is -3.74. The van der Waals surface area contributed by atoms with Crippen molar-refractivity contribution in [1.29, 1.82) is 0 Å². The van der Waals surface area contributed by atoms with Gasteiger partial charge in [0.1, 0.15) is 5.25 Å². The van der Waals surface area contributed by atoms with Crippen molar-refractivity contribution < 1.29 is 13.2 Å². The van der Waals surface area contributed by atoms with Crippen molar-refractivity contribution in [2.24, 2.45) is 0 Å². The second-order valence-corrected chi connectivity index (χ2v) is 8.08. The van der Waals surface area contributed by atoms with Gasteiger partial charge in [0.25, 0.3) is 0 Å². The molecule has 1 aromatic rings. The number of halogens is 1. The van der Waals surface area contributed by atoms with E-state index in [0.29, 0.717) is 11.4 Å². The molecule has 0 fully saturated rings. The summed E-state index contributed by atoms with van der Waals surface area (Å²) in [5.74, 6) is -0.503. The quantitative estimate of drug-likeness (QED) is 0.908. The van der Waals surface area contributed by atoms with E-state index in [2.05, 4.69) is 5.32 Å². The Morgan fingerprint density at radius 1 is 1.40 bits per heavy atom. The lowest BCUT2D eigenvalue weighted by Gasteiger charge is -2.26. The minimum absolute atomic E-state index is 0.0574. The van der Waals surface area contributed by atoms with Gasteiger partial charge in [0, 0.05) is 10.6 Å². The van der Waals surface area contributed by atoms with E-state index in [-0.39, 0.29) is 4.90 Å². The highest BCUT2D eigenvalue weighted by Crippen LogP contribution is 2.20. The third kappa shape index (κ3) is 3.96. The molecule has 1 N–H and O–H groups in total. The van der Waals surface area contributed by atoms with Gasteiger partial charge in [-0.2, -0.15) is 0 Å². The van der Waals surface area contributed by atoms with Gasteiger partial charge in [-0.15, -0.1) is 0 Å². The van der Waals surface area contributed by atoms with E-state index in [1.54, 1.807) is 12.1 Å². The van der Waals surface area contributed by atoms with Gasteiger partial charge in [0.15, 0.2) is 9.84 Å². The smallest absolute Gasteiger partial charge is 0.238 e. The molecule has 0 aliphatic heterocycles. The van der Waals surface area contributed by atoms with Gasteiger partial charge in [-0.25, -0.2) is 8.42 Å². The fraction of sp³-hybridized carbons (Fsp3) is 0.500. The number of benzene rings is 1. The van der Waals surface area contributed by atoms with Crippen LogP contribution in [0.15, 0.2) is 29.2 Å². The van der Waals surface area contributed by atoms with E-state index in [1.165, 1.54) is 19.1 Å². The lowest BCUT2D eigenvalue weighted by molar-refractivity contribution is -0.122. The van der Waals surface area contributed by atoms with E-state index >= 15 is 0 Å². The maximum absolute atomic E-state index is 12.4. The number of carbonyl (C=O) groups is 1. The molecule has 0 heterocycles. The molecule has 1 aromatic carbocycles. The van der Waals surface area contributed by atoms with Crippen molar-refractivity contribution in [3.8, 4) is 0 Å². The highest BCUT2D eigenvalue weighted by atomic mass is 35.5. The second kappa shape index (κ2) is 6.14. The van der Waals surface area contributed by atoms with Crippen LogP contribution in [0.5, 0.6) is 0 Å². The summed E-state index contributed by atoms with van der Waals surface area (Å²) in [5, 5.41) is 1.91. The van der Waals surface area contributed by atoms with Crippen LogP contribution in [0.2, 0.25) is 5.02 Å². The summed E-state index contributed by atoms with van der Waals surface area (Å²) in [7, 11) is -3.74. The highest BCUT2D eigenvalue weighted by molar-refractivity contribution is 7.92. The average Bonchev–Trinajstić information content (AvgIpc) is 2.37. The molecule has 0 spiro atoms. The molecule has 1 rings (SSSR count). The second-order valence-electron chi connectivity index (χ2n) is 5.37. The number of sulfone groups is 1. The molecule has 0 bridgehead atoms. The van der Waals surface area contributed by atoms with Crippen LogP contribution in [-0.2, 0) is 14.6 Å². The maximum atomic E-state index is 12.4. The number of amides is 1. The van der Waals surface area contributed by atoms with Crippen molar-refractivity contribution in [3.05, 3.63) is 29.3 Å². The Morgan fingerprint density at radius 2 is 2.00 bits per heavy atom. The van der Waals surface area contributed by atoms with Crippen LogP contribution in [0.25, 0.3) is 0 Å². The van der Waals surface area contributed by atoms with E-state index in [0.717, 1.165) is 0 Å². The molecule has 4 nitrogen and oxygen atoms in total. The number of hydrogen-bond donors (Lipinski definition) is 1. The first-order valence-electron chi connectivity index (χ1n) is 6.41. The number of rotatable bonds is 5. The normalized spacial score (nSPS) is 13.8. The molecule has 0 aromatic heterocycles. The van der Waals surface area contributed by atoms with Crippen LogP contribution in [0.3, 0.4) is 0 Å². The third-order valence-electron chi connectivity index (χ3n) is 3.30. The van der Waals surface area contributed by atoms with E-state index in [1.807, 2.05) is 20.8 Å². The van der Waals surface area contributed by atoms with Gasteiger partial charge in [-0.3, -0.25) is 4.79 Å². The van der Waals surface area contributed by atoms with Gasteiger partial charge in [0.2, 0.25) is 5.91 Å². The van der Waals surface area contributed by atoms with Crippen molar-refractivity contribution in [1.82, 2.24) is 5.32 Å². The Morgan fingerprint density at radius 3 is 2.50 bits per heavy atom. The fourth-order valence-electron chi connectivity index (χ4n) is 1.51. The molecule has 0 aliphatic carbocycles. The zero-order valence-electron chi connectivity index (χ0n) is 12.1.